The molecule has 114 valence electrons. The van der Waals surface area contributed by atoms with Crippen molar-refractivity contribution < 1.29 is 18.9 Å². The maximum Gasteiger partial charge on any atom is 0.171 e. The van der Waals surface area contributed by atoms with Crippen molar-refractivity contribution in [2.24, 2.45) is 0 Å². The van der Waals surface area contributed by atoms with Crippen molar-refractivity contribution in [1.82, 2.24) is 5.32 Å². The second kappa shape index (κ2) is 8.79. The van der Waals surface area contributed by atoms with Crippen LogP contribution in [-0.4, -0.2) is 47.3 Å². The summed E-state index contributed by atoms with van der Waals surface area (Å²) in [6.07, 6.45) is 0.658. The van der Waals surface area contributed by atoms with E-state index >= 15 is 0 Å². The molecule has 0 spiro atoms. The fourth-order valence-corrected chi connectivity index (χ4v) is 2.08. The lowest BCUT2D eigenvalue weighted by molar-refractivity contribution is -0.119. The predicted octanol–water partition coefficient (Wildman–Crippen LogP) is 1.84. The van der Waals surface area contributed by atoms with Crippen LogP contribution in [0, 0.1) is 0 Å². The lowest BCUT2D eigenvalue weighted by atomic mass is 10.1. The number of benzene rings is 1. The van der Waals surface area contributed by atoms with E-state index in [-0.39, 0.29) is 12.3 Å². The minimum absolute atomic E-state index is 0.130. The quantitative estimate of drug-likeness (QED) is 0.701. The molecule has 0 heterocycles. The van der Waals surface area contributed by atoms with Crippen LogP contribution in [0.4, 0.5) is 0 Å². The summed E-state index contributed by atoms with van der Waals surface area (Å²) in [4.78, 5) is 0. The van der Waals surface area contributed by atoms with Crippen LogP contribution in [0.1, 0.15) is 12.5 Å². The van der Waals surface area contributed by atoms with Gasteiger partial charge in [0.05, 0.1) is 20.3 Å². The van der Waals surface area contributed by atoms with Crippen LogP contribution in [0.2, 0.25) is 0 Å². The minimum Gasteiger partial charge on any atom is -0.493 e. The number of nitrogens with one attached hydrogen (secondary N) is 1. The van der Waals surface area contributed by atoms with Gasteiger partial charge < -0.3 is 24.3 Å². The summed E-state index contributed by atoms with van der Waals surface area (Å²) in [6, 6.07) is 6.09. The molecular weight excluding hydrogens is 258 g/mol. The highest BCUT2D eigenvalue weighted by atomic mass is 16.7. The molecule has 1 aromatic rings. The van der Waals surface area contributed by atoms with Crippen LogP contribution in [0.5, 0.6) is 11.5 Å². The maximum atomic E-state index is 5.29. The Balaban J connectivity index is 2.50. The van der Waals surface area contributed by atoms with E-state index in [4.69, 9.17) is 18.9 Å². The third-order valence-electron chi connectivity index (χ3n) is 3.20. The van der Waals surface area contributed by atoms with Crippen molar-refractivity contribution in [3.8, 4) is 11.5 Å². The topological polar surface area (TPSA) is 49.0 Å². The molecule has 1 atom stereocenters. The zero-order valence-corrected chi connectivity index (χ0v) is 12.9. The zero-order valence-electron chi connectivity index (χ0n) is 12.9. The molecule has 5 nitrogen and oxygen atoms in total. The van der Waals surface area contributed by atoms with Gasteiger partial charge in [0.25, 0.3) is 0 Å². The van der Waals surface area contributed by atoms with Gasteiger partial charge in [-0.15, -0.1) is 0 Å². The summed E-state index contributed by atoms with van der Waals surface area (Å²) < 4.78 is 20.9. The minimum atomic E-state index is -0.236. The number of hydrogen-bond acceptors (Lipinski definition) is 5. The fraction of sp³-hybridized carbons (Fsp3) is 0.600. The standard InChI is InChI=1S/C15H25NO4/c1-11(15(19-4)20-5)16-9-8-12-6-7-13(17-2)14(10-12)18-3/h6-7,10-11,15-16H,8-9H2,1-5H3. The summed E-state index contributed by atoms with van der Waals surface area (Å²) >= 11 is 0. The van der Waals surface area contributed by atoms with Gasteiger partial charge in [-0.05, 0) is 37.6 Å². The van der Waals surface area contributed by atoms with Gasteiger partial charge in [-0.3, -0.25) is 0 Å². The van der Waals surface area contributed by atoms with Crippen molar-refractivity contribution in [2.45, 2.75) is 25.7 Å². The first-order chi connectivity index (χ1) is 9.65. The highest BCUT2D eigenvalue weighted by Crippen LogP contribution is 2.27. The first-order valence-electron chi connectivity index (χ1n) is 6.66. The number of methoxy groups -OCH3 is 4. The molecule has 0 aliphatic rings. The lowest BCUT2D eigenvalue weighted by Crippen LogP contribution is -2.40. The number of hydrogen-bond donors (Lipinski definition) is 1. The Hall–Kier alpha value is -1.30. The Morgan fingerprint density at radius 1 is 1.00 bits per heavy atom. The van der Waals surface area contributed by atoms with Crippen molar-refractivity contribution in [1.29, 1.82) is 0 Å². The molecule has 0 saturated carbocycles. The molecule has 0 aromatic heterocycles. The summed E-state index contributed by atoms with van der Waals surface area (Å²) in [5.41, 5.74) is 1.19. The largest absolute Gasteiger partial charge is 0.493 e. The van der Waals surface area contributed by atoms with Crippen LogP contribution in [0.3, 0.4) is 0 Å². The SMILES string of the molecule is COc1ccc(CCNC(C)C(OC)OC)cc1OC. The van der Waals surface area contributed by atoms with Gasteiger partial charge in [0.1, 0.15) is 0 Å². The average Bonchev–Trinajstić information content (AvgIpc) is 2.48. The summed E-state index contributed by atoms with van der Waals surface area (Å²) in [6.45, 7) is 2.87. The van der Waals surface area contributed by atoms with Gasteiger partial charge in [-0.2, -0.15) is 0 Å². The van der Waals surface area contributed by atoms with Crippen LogP contribution in [0.15, 0.2) is 18.2 Å². The van der Waals surface area contributed by atoms with Crippen LogP contribution < -0.4 is 14.8 Å². The monoisotopic (exact) mass is 283 g/mol. The molecule has 0 aliphatic carbocycles. The molecule has 1 rings (SSSR count). The van der Waals surface area contributed by atoms with Gasteiger partial charge in [0.15, 0.2) is 17.8 Å². The van der Waals surface area contributed by atoms with Gasteiger partial charge in [0.2, 0.25) is 0 Å². The van der Waals surface area contributed by atoms with E-state index in [0.717, 1.165) is 24.5 Å². The number of ether oxygens (including phenoxy) is 4. The molecule has 1 N–H and O–H groups in total. The fourth-order valence-electron chi connectivity index (χ4n) is 2.08. The van der Waals surface area contributed by atoms with E-state index < -0.39 is 0 Å². The average molecular weight is 283 g/mol. The van der Waals surface area contributed by atoms with Crippen LogP contribution >= 0.6 is 0 Å². The van der Waals surface area contributed by atoms with Gasteiger partial charge in [-0.1, -0.05) is 6.07 Å². The highest BCUT2D eigenvalue weighted by Gasteiger charge is 2.14. The van der Waals surface area contributed by atoms with Gasteiger partial charge in [0, 0.05) is 14.2 Å². The van der Waals surface area contributed by atoms with Gasteiger partial charge in [-0.25, -0.2) is 0 Å². The summed E-state index contributed by atoms with van der Waals surface area (Å²) in [7, 11) is 6.56. The molecule has 0 saturated heterocycles. The Bertz CT molecular complexity index is 393. The van der Waals surface area contributed by atoms with E-state index in [1.54, 1.807) is 28.4 Å². The molecule has 0 fully saturated rings. The third kappa shape index (κ3) is 4.67. The molecule has 0 radical (unpaired) electrons. The van der Waals surface area contributed by atoms with Crippen molar-refractivity contribution in [3.63, 3.8) is 0 Å². The first-order valence-corrected chi connectivity index (χ1v) is 6.66. The van der Waals surface area contributed by atoms with Crippen molar-refractivity contribution in [3.05, 3.63) is 23.8 Å². The molecule has 0 aliphatic heterocycles. The Morgan fingerprint density at radius 3 is 2.20 bits per heavy atom. The molecule has 1 unspecified atom stereocenters. The maximum absolute atomic E-state index is 5.29. The van der Waals surface area contributed by atoms with E-state index in [0.29, 0.717) is 0 Å². The Kier molecular flexibility index (Phi) is 7.36. The predicted molar refractivity (Wildman–Crippen MR) is 78.5 cm³/mol. The first kappa shape index (κ1) is 16.8. The van der Waals surface area contributed by atoms with Gasteiger partial charge >= 0.3 is 0 Å². The lowest BCUT2D eigenvalue weighted by Gasteiger charge is -2.22. The molecule has 1 aromatic carbocycles. The Morgan fingerprint density at radius 2 is 1.65 bits per heavy atom. The van der Waals surface area contributed by atoms with Crippen molar-refractivity contribution in [2.75, 3.05) is 35.0 Å². The van der Waals surface area contributed by atoms with E-state index in [2.05, 4.69) is 5.32 Å². The second-order valence-electron chi connectivity index (χ2n) is 4.52. The summed E-state index contributed by atoms with van der Waals surface area (Å²) in [5.74, 6) is 1.50. The normalized spacial score (nSPS) is 12.5. The third-order valence-corrected chi connectivity index (χ3v) is 3.20. The van der Waals surface area contributed by atoms with E-state index in [9.17, 15) is 0 Å². The smallest absolute Gasteiger partial charge is 0.171 e. The number of rotatable bonds is 9. The van der Waals surface area contributed by atoms with Crippen LogP contribution in [0.25, 0.3) is 0 Å². The molecule has 0 bridgehead atoms. The molecule has 20 heavy (non-hydrogen) atoms. The molecule has 0 amide bonds. The van der Waals surface area contributed by atoms with E-state index in [1.807, 2.05) is 25.1 Å². The van der Waals surface area contributed by atoms with Crippen molar-refractivity contribution >= 4 is 0 Å². The molecule has 5 heteroatoms. The second-order valence-corrected chi connectivity index (χ2v) is 4.52. The highest BCUT2D eigenvalue weighted by molar-refractivity contribution is 5.42. The molecular formula is C15H25NO4. The van der Waals surface area contributed by atoms with Crippen LogP contribution in [-0.2, 0) is 15.9 Å². The van der Waals surface area contributed by atoms with E-state index in [1.165, 1.54) is 5.56 Å². The zero-order chi connectivity index (χ0) is 15.0. The summed E-state index contributed by atoms with van der Waals surface area (Å²) in [5, 5.41) is 3.38. The Labute approximate surface area is 121 Å².